The summed E-state index contributed by atoms with van der Waals surface area (Å²) < 4.78 is 15.6. The van der Waals surface area contributed by atoms with Crippen LogP contribution in [0.2, 0.25) is 0 Å². The number of morpholine rings is 1. The van der Waals surface area contributed by atoms with E-state index < -0.39 is 12.0 Å². The van der Waals surface area contributed by atoms with E-state index >= 15 is 0 Å². The molecule has 10 heteroatoms. The number of anilines is 3. The predicted molar refractivity (Wildman–Crippen MR) is 146 cm³/mol. The van der Waals surface area contributed by atoms with Crippen molar-refractivity contribution in [1.29, 1.82) is 5.41 Å². The molecule has 198 valence electrons. The van der Waals surface area contributed by atoms with Gasteiger partial charge in [0.2, 0.25) is 0 Å². The van der Waals surface area contributed by atoms with Crippen LogP contribution in [-0.4, -0.2) is 57.7 Å². The number of amides is 1. The lowest BCUT2D eigenvalue weighted by molar-refractivity contribution is -0.142. The molecule has 0 saturated carbocycles. The van der Waals surface area contributed by atoms with Crippen molar-refractivity contribution in [2.24, 2.45) is 5.73 Å². The van der Waals surface area contributed by atoms with Crippen molar-refractivity contribution in [3.63, 3.8) is 0 Å². The number of hydrogen-bond acceptors (Lipinski definition) is 8. The van der Waals surface area contributed by atoms with Crippen LogP contribution < -0.4 is 26.0 Å². The molecule has 0 radical (unpaired) electrons. The van der Waals surface area contributed by atoms with Gasteiger partial charge in [-0.15, -0.1) is 0 Å². The average molecular weight is 518 g/mol. The van der Waals surface area contributed by atoms with E-state index in [9.17, 15) is 9.59 Å². The minimum Gasteiger partial charge on any atom is -0.482 e. The van der Waals surface area contributed by atoms with E-state index in [-0.39, 0.29) is 18.3 Å². The molecule has 3 aromatic rings. The third kappa shape index (κ3) is 7.01. The van der Waals surface area contributed by atoms with E-state index in [0.29, 0.717) is 41.5 Å². The monoisotopic (exact) mass is 517 g/mol. The number of carbonyl (C=O) groups is 2. The Labute approximate surface area is 221 Å². The summed E-state index contributed by atoms with van der Waals surface area (Å²) in [5.41, 5.74) is 9.12. The lowest BCUT2D eigenvalue weighted by Gasteiger charge is -2.29. The van der Waals surface area contributed by atoms with Crippen LogP contribution in [0.5, 0.6) is 5.75 Å². The van der Waals surface area contributed by atoms with Gasteiger partial charge in [0.1, 0.15) is 17.6 Å². The number of nitrogens with one attached hydrogen (secondary N) is 3. The van der Waals surface area contributed by atoms with Crippen LogP contribution in [0.1, 0.15) is 17.2 Å². The van der Waals surface area contributed by atoms with Gasteiger partial charge in [-0.2, -0.15) is 0 Å². The standard InChI is InChI=1S/C28H31N5O5/c1-36-25(34)18-38-24-7-3-4-19(17-24)26(31-22-6-2-5-20(16-22)27(29)30)28(35)32-21-8-10-23(11-9-21)33-12-14-37-15-13-33/h2-11,16-17,26,31H,12-15,18H2,1H3,(H3,29,30)(H,32,35). The van der Waals surface area contributed by atoms with Crippen LogP contribution >= 0.6 is 0 Å². The Morgan fingerprint density at radius 2 is 1.76 bits per heavy atom. The molecule has 1 saturated heterocycles. The van der Waals surface area contributed by atoms with Crippen molar-refractivity contribution in [1.82, 2.24) is 0 Å². The average Bonchev–Trinajstić information content (AvgIpc) is 2.95. The molecule has 38 heavy (non-hydrogen) atoms. The molecule has 4 rings (SSSR count). The zero-order chi connectivity index (χ0) is 26.9. The minimum atomic E-state index is -0.821. The van der Waals surface area contributed by atoms with Gasteiger partial charge in [-0.3, -0.25) is 10.2 Å². The Morgan fingerprint density at radius 1 is 1.03 bits per heavy atom. The summed E-state index contributed by atoms with van der Waals surface area (Å²) in [6.45, 7) is 2.79. The van der Waals surface area contributed by atoms with E-state index in [1.54, 1.807) is 48.5 Å². The van der Waals surface area contributed by atoms with Crippen molar-refractivity contribution in [3.8, 4) is 5.75 Å². The Balaban J connectivity index is 1.56. The van der Waals surface area contributed by atoms with Gasteiger partial charge in [-0.05, 0) is 54.1 Å². The molecule has 1 heterocycles. The van der Waals surface area contributed by atoms with Crippen LogP contribution in [0.25, 0.3) is 0 Å². The van der Waals surface area contributed by atoms with Gasteiger partial charge in [0.25, 0.3) is 5.91 Å². The van der Waals surface area contributed by atoms with E-state index in [1.165, 1.54) is 7.11 Å². The molecule has 1 unspecified atom stereocenters. The van der Waals surface area contributed by atoms with Gasteiger partial charge in [0.15, 0.2) is 6.61 Å². The molecule has 0 aromatic heterocycles. The summed E-state index contributed by atoms with van der Waals surface area (Å²) >= 11 is 0. The highest BCUT2D eigenvalue weighted by Gasteiger charge is 2.22. The predicted octanol–water partition coefficient (Wildman–Crippen LogP) is 3.15. The first-order valence-corrected chi connectivity index (χ1v) is 12.2. The van der Waals surface area contributed by atoms with Gasteiger partial charge < -0.3 is 35.5 Å². The summed E-state index contributed by atoms with van der Waals surface area (Å²) in [5.74, 6) is -0.472. The fourth-order valence-corrected chi connectivity index (χ4v) is 4.02. The van der Waals surface area contributed by atoms with Gasteiger partial charge >= 0.3 is 5.97 Å². The van der Waals surface area contributed by atoms with Crippen molar-refractivity contribution in [3.05, 3.63) is 83.9 Å². The maximum Gasteiger partial charge on any atom is 0.343 e. The zero-order valence-corrected chi connectivity index (χ0v) is 21.1. The Kier molecular flexibility index (Phi) is 8.78. The number of benzene rings is 3. The van der Waals surface area contributed by atoms with Crippen molar-refractivity contribution >= 4 is 34.8 Å². The smallest absolute Gasteiger partial charge is 0.343 e. The van der Waals surface area contributed by atoms with E-state index in [0.717, 1.165) is 18.8 Å². The highest BCUT2D eigenvalue weighted by atomic mass is 16.6. The first-order chi connectivity index (χ1) is 18.4. The number of ether oxygens (including phenoxy) is 3. The Morgan fingerprint density at radius 3 is 2.47 bits per heavy atom. The van der Waals surface area contributed by atoms with Crippen molar-refractivity contribution in [2.75, 3.05) is 55.6 Å². The van der Waals surface area contributed by atoms with Gasteiger partial charge in [-0.25, -0.2) is 4.79 Å². The quantitative estimate of drug-likeness (QED) is 0.183. The van der Waals surface area contributed by atoms with E-state index in [2.05, 4.69) is 20.3 Å². The largest absolute Gasteiger partial charge is 0.482 e. The summed E-state index contributed by atoms with van der Waals surface area (Å²) in [6, 6.07) is 20.8. The van der Waals surface area contributed by atoms with Crippen LogP contribution in [-0.2, 0) is 19.1 Å². The Hall–Kier alpha value is -4.57. The third-order valence-corrected chi connectivity index (χ3v) is 6.03. The molecule has 1 aliphatic heterocycles. The SMILES string of the molecule is COC(=O)COc1cccc(C(Nc2cccc(C(=N)N)c2)C(=O)Nc2ccc(N3CCOCC3)cc2)c1. The fourth-order valence-electron chi connectivity index (χ4n) is 4.02. The third-order valence-electron chi connectivity index (χ3n) is 6.03. The molecule has 0 aliphatic carbocycles. The second-order valence-corrected chi connectivity index (χ2v) is 8.64. The second-order valence-electron chi connectivity index (χ2n) is 8.64. The second kappa shape index (κ2) is 12.6. The molecule has 10 nitrogen and oxygen atoms in total. The molecular formula is C28H31N5O5. The number of esters is 1. The maximum absolute atomic E-state index is 13.6. The summed E-state index contributed by atoms with van der Waals surface area (Å²) in [6.07, 6.45) is 0. The lowest BCUT2D eigenvalue weighted by Crippen LogP contribution is -2.36. The number of nitrogens with zero attached hydrogens (tertiary/aromatic N) is 1. The minimum absolute atomic E-state index is 0.0757. The number of amidine groups is 1. The first-order valence-electron chi connectivity index (χ1n) is 12.2. The molecular weight excluding hydrogens is 486 g/mol. The zero-order valence-electron chi connectivity index (χ0n) is 21.1. The normalized spacial score (nSPS) is 13.8. The molecule has 1 aliphatic rings. The number of nitrogen functional groups attached to an aromatic ring is 1. The highest BCUT2D eigenvalue weighted by molar-refractivity contribution is 5.98. The fraction of sp³-hybridized carbons (Fsp3) is 0.250. The highest BCUT2D eigenvalue weighted by Crippen LogP contribution is 2.26. The van der Waals surface area contributed by atoms with Gasteiger partial charge in [-0.1, -0.05) is 24.3 Å². The van der Waals surface area contributed by atoms with Crippen molar-refractivity contribution in [2.45, 2.75) is 6.04 Å². The van der Waals surface area contributed by atoms with Crippen LogP contribution in [0.4, 0.5) is 17.1 Å². The molecule has 0 bridgehead atoms. The van der Waals surface area contributed by atoms with E-state index in [4.69, 9.17) is 20.6 Å². The number of nitrogens with two attached hydrogens (primary N) is 1. The van der Waals surface area contributed by atoms with Gasteiger partial charge in [0, 0.05) is 35.7 Å². The number of methoxy groups -OCH3 is 1. The molecule has 1 amide bonds. The number of carbonyl (C=O) groups excluding carboxylic acids is 2. The van der Waals surface area contributed by atoms with E-state index in [1.807, 2.05) is 24.3 Å². The molecule has 3 aromatic carbocycles. The lowest BCUT2D eigenvalue weighted by atomic mass is 10.0. The topological polar surface area (TPSA) is 139 Å². The summed E-state index contributed by atoms with van der Waals surface area (Å²) in [7, 11) is 1.29. The number of hydrogen-bond donors (Lipinski definition) is 4. The van der Waals surface area contributed by atoms with Crippen LogP contribution in [0, 0.1) is 5.41 Å². The summed E-state index contributed by atoms with van der Waals surface area (Å²) in [4.78, 5) is 27.3. The van der Waals surface area contributed by atoms with Crippen LogP contribution in [0.3, 0.4) is 0 Å². The molecule has 0 spiro atoms. The first kappa shape index (κ1) is 26.5. The van der Waals surface area contributed by atoms with Crippen molar-refractivity contribution < 1.29 is 23.8 Å². The maximum atomic E-state index is 13.6. The molecule has 1 atom stereocenters. The van der Waals surface area contributed by atoms with Gasteiger partial charge in [0.05, 0.1) is 20.3 Å². The molecule has 1 fully saturated rings. The summed E-state index contributed by atoms with van der Waals surface area (Å²) in [5, 5.41) is 14.0. The molecule has 5 N–H and O–H groups in total. The van der Waals surface area contributed by atoms with Crippen LogP contribution in [0.15, 0.2) is 72.8 Å². The Bertz CT molecular complexity index is 1270. The number of rotatable bonds is 10.